The van der Waals surface area contributed by atoms with Crippen molar-refractivity contribution in [3.63, 3.8) is 0 Å². The van der Waals surface area contributed by atoms with E-state index >= 15 is 0 Å². The summed E-state index contributed by atoms with van der Waals surface area (Å²) in [6, 6.07) is 24.0. The summed E-state index contributed by atoms with van der Waals surface area (Å²) in [5.74, 6) is 6.25. The standard InChI is InChI=1S/C25H22O3/c1-2-20(21-14-15-24-25(17-21)27-18-26-24)10-6-8-19-9-7-13-23(16-19)28-22-11-4-3-5-12-22/h1,3-5,7,9,11-17,20H,6,8,10,18H2. The summed E-state index contributed by atoms with van der Waals surface area (Å²) in [6.45, 7) is 0.279. The van der Waals surface area contributed by atoms with Crippen molar-refractivity contribution in [2.75, 3.05) is 6.79 Å². The largest absolute Gasteiger partial charge is 0.457 e. The fourth-order valence-corrected chi connectivity index (χ4v) is 3.38. The van der Waals surface area contributed by atoms with Gasteiger partial charge in [0.2, 0.25) is 6.79 Å². The molecule has 0 amide bonds. The lowest BCUT2D eigenvalue weighted by Gasteiger charge is -2.12. The lowest BCUT2D eigenvalue weighted by Crippen LogP contribution is -1.98. The average Bonchev–Trinajstić information content (AvgIpc) is 3.20. The van der Waals surface area contributed by atoms with E-state index in [1.807, 2.05) is 60.7 Å². The van der Waals surface area contributed by atoms with Crippen molar-refractivity contribution in [3.05, 3.63) is 83.9 Å². The molecule has 140 valence electrons. The van der Waals surface area contributed by atoms with Crippen molar-refractivity contribution in [2.24, 2.45) is 0 Å². The topological polar surface area (TPSA) is 27.7 Å². The molecule has 28 heavy (non-hydrogen) atoms. The monoisotopic (exact) mass is 370 g/mol. The molecule has 0 N–H and O–H groups in total. The van der Waals surface area contributed by atoms with Gasteiger partial charge < -0.3 is 14.2 Å². The van der Waals surface area contributed by atoms with Crippen molar-refractivity contribution in [1.29, 1.82) is 0 Å². The summed E-state index contributed by atoms with van der Waals surface area (Å²) >= 11 is 0. The molecule has 1 unspecified atom stereocenters. The lowest BCUT2D eigenvalue weighted by atomic mass is 9.93. The Morgan fingerprint density at radius 1 is 0.893 bits per heavy atom. The highest BCUT2D eigenvalue weighted by Crippen LogP contribution is 2.35. The van der Waals surface area contributed by atoms with Gasteiger partial charge in [-0.3, -0.25) is 0 Å². The molecule has 3 aromatic rings. The number of hydrogen-bond donors (Lipinski definition) is 0. The molecule has 3 heteroatoms. The fourth-order valence-electron chi connectivity index (χ4n) is 3.38. The van der Waals surface area contributed by atoms with Gasteiger partial charge in [-0.25, -0.2) is 0 Å². The quantitative estimate of drug-likeness (QED) is 0.481. The number of terminal acetylenes is 1. The van der Waals surface area contributed by atoms with Crippen LogP contribution in [-0.4, -0.2) is 6.79 Å². The molecule has 0 bridgehead atoms. The molecular formula is C25H22O3. The van der Waals surface area contributed by atoms with Crippen LogP contribution in [0.1, 0.15) is 29.9 Å². The van der Waals surface area contributed by atoms with Gasteiger partial charge in [0.05, 0.1) is 0 Å². The fraction of sp³-hybridized carbons (Fsp3) is 0.200. The van der Waals surface area contributed by atoms with E-state index < -0.39 is 0 Å². The van der Waals surface area contributed by atoms with Gasteiger partial charge in [0.1, 0.15) is 11.5 Å². The molecule has 4 rings (SSSR count). The van der Waals surface area contributed by atoms with Gasteiger partial charge in [-0.15, -0.1) is 6.42 Å². The smallest absolute Gasteiger partial charge is 0.231 e. The van der Waals surface area contributed by atoms with E-state index in [1.165, 1.54) is 5.56 Å². The number of fused-ring (bicyclic) bond motifs is 1. The summed E-state index contributed by atoms with van der Waals surface area (Å²) in [4.78, 5) is 0. The number of aryl methyl sites for hydroxylation is 1. The summed E-state index contributed by atoms with van der Waals surface area (Å²) in [5.41, 5.74) is 2.35. The Hall–Kier alpha value is -3.38. The van der Waals surface area contributed by atoms with Gasteiger partial charge in [-0.05, 0) is 66.8 Å². The molecule has 1 atom stereocenters. The van der Waals surface area contributed by atoms with E-state index in [-0.39, 0.29) is 12.7 Å². The second-order valence-electron chi connectivity index (χ2n) is 6.79. The number of ether oxygens (including phenoxy) is 3. The minimum atomic E-state index is 0.0678. The highest BCUT2D eigenvalue weighted by Gasteiger charge is 2.16. The zero-order valence-electron chi connectivity index (χ0n) is 15.6. The molecule has 0 aromatic heterocycles. The molecule has 0 saturated heterocycles. The van der Waals surface area contributed by atoms with Crippen LogP contribution in [0.5, 0.6) is 23.0 Å². The molecule has 0 radical (unpaired) electrons. The van der Waals surface area contributed by atoms with Crippen molar-refractivity contribution in [1.82, 2.24) is 0 Å². The third-order valence-electron chi connectivity index (χ3n) is 4.84. The summed E-state index contributed by atoms with van der Waals surface area (Å²) in [6.07, 6.45) is 8.67. The Bertz CT molecular complexity index is 973. The normalized spacial score (nSPS) is 13.0. The zero-order chi connectivity index (χ0) is 19.2. The van der Waals surface area contributed by atoms with Crippen molar-refractivity contribution in [2.45, 2.75) is 25.2 Å². The minimum absolute atomic E-state index is 0.0678. The third kappa shape index (κ3) is 4.29. The first kappa shape index (κ1) is 18.0. The van der Waals surface area contributed by atoms with E-state index in [0.29, 0.717) is 0 Å². The van der Waals surface area contributed by atoms with Crippen LogP contribution in [0, 0.1) is 12.3 Å². The Morgan fingerprint density at radius 2 is 1.71 bits per heavy atom. The Kier molecular flexibility index (Phi) is 5.49. The molecule has 0 saturated carbocycles. The van der Waals surface area contributed by atoms with Gasteiger partial charge in [0.15, 0.2) is 11.5 Å². The zero-order valence-corrected chi connectivity index (χ0v) is 15.6. The molecule has 3 aromatic carbocycles. The highest BCUT2D eigenvalue weighted by molar-refractivity contribution is 5.46. The first-order valence-corrected chi connectivity index (χ1v) is 9.49. The van der Waals surface area contributed by atoms with Gasteiger partial charge in [0.25, 0.3) is 0 Å². The molecule has 1 heterocycles. The highest BCUT2D eigenvalue weighted by atomic mass is 16.7. The van der Waals surface area contributed by atoms with E-state index in [9.17, 15) is 0 Å². The van der Waals surface area contributed by atoms with Crippen LogP contribution in [-0.2, 0) is 6.42 Å². The van der Waals surface area contributed by atoms with Crippen molar-refractivity contribution < 1.29 is 14.2 Å². The van der Waals surface area contributed by atoms with Gasteiger partial charge >= 0.3 is 0 Å². The molecule has 0 aliphatic carbocycles. The Morgan fingerprint density at radius 3 is 2.57 bits per heavy atom. The maximum Gasteiger partial charge on any atom is 0.231 e. The van der Waals surface area contributed by atoms with E-state index in [4.69, 9.17) is 20.6 Å². The molecular weight excluding hydrogens is 348 g/mol. The number of rotatable bonds is 7. The SMILES string of the molecule is C#CC(CCCc1cccc(Oc2ccccc2)c1)c1ccc2c(c1)OCO2. The lowest BCUT2D eigenvalue weighted by molar-refractivity contribution is 0.174. The second kappa shape index (κ2) is 8.54. The van der Waals surface area contributed by atoms with Crippen molar-refractivity contribution in [3.8, 4) is 35.3 Å². The second-order valence-corrected chi connectivity index (χ2v) is 6.79. The molecule has 0 fully saturated rings. The van der Waals surface area contributed by atoms with E-state index in [0.717, 1.165) is 47.8 Å². The van der Waals surface area contributed by atoms with Crippen LogP contribution in [0.15, 0.2) is 72.8 Å². The summed E-state index contributed by atoms with van der Waals surface area (Å²) in [5, 5.41) is 0. The van der Waals surface area contributed by atoms with Crippen LogP contribution in [0.2, 0.25) is 0 Å². The summed E-state index contributed by atoms with van der Waals surface area (Å²) < 4.78 is 16.8. The molecule has 1 aliphatic heterocycles. The molecule has 0 spiro atoms. The van der Waals surface area contributed by atoms with Crippen LogP contribution in [0.3, 0.4) is 0 Å². The first-order valence-electron chi connectivity index (χ1n) is 9.49. The molecule has 1 aliphatic rings. The summed E-state index contributed by atoms with van der Waals surface area (Å²) in [7, 11) is 0. The van der Waals surface area contributed by atoms with Gasteiger partial charge in [-0.2, -0.15) is 0 Å². The van der Waals surface area contributed by atoms with Crippen LogP contribution in [0.25, 0.3) is 0 Å². The number of para-hydroxylation sites is 1. The number of benzene rings is 3. The van der Waals surface area contributed by atoms with Gasteiger partial charge in [0, 0.05) is 5.92 Å². The Labute approximate surface area is 165 Å². The maximum atomic E-state index is 5.92. The third-order valence-corrected chi connectivity index (χ3v) is 4.84. The van der Waals surface area contributed by atoms with Gasteiger partial charge in [-0.1, -0.05) is 42.3 Å². The minimum Gasteiger partial charge on any atom is -0.457 e. The van der Waals surface area contributed by atoms with Crippen LogP contribution >= 0.6 is 0 Å². The van der Waals surface area contributed by atoms with Crippen LogP contribution < -0.4 is 14.2 Å². The average molecular weight is 370 g/mol. The molecule has 3 nitrogen and oxygen atoms in total. The predicted molar refractivity (Wildman–Crippen MR) is 110 cm³/mol. The Balaban J connectivity index is 1.35. The van der Waals surface area contributed by atoms with Crippen molar-refractivity contribution >= 4 is 0 Å². The van der Waals surface area contributed by atoms with E-state index in [1.54, 1.807) is 0 Å². The predicted octanol–water partition coefficient (Wildman–Crippen LogP) is 5.95. The van der Waals surface area contributed by atoms with Crippen LogP contribution in [0.4, 0.5) is 0 Å². The maximum absolute atomic E-state index is 5.92. The first-order chi connectivity index (χ1) is 13.8. The number of hydrogen-bond acceptors (Lipinski definition) is 3. The van der Waals surface area contributed by atoms with E-state index in [2.05, 4.69) is 18.1 Å².